The van der Waals surface area contributed by atoms with Crippen LogP contribution in [0.25, 0.3) is 0 Å². The fraction of sp³-hybridized carbons (Fsp3) is 0.929. The third kappa shape index (κ3) is 3.08. The normalized spacial score (nSPS) is 27.5. The predicted molar refractivity (Wildman–Crippen MR) is 72.2 cm³/mol. The monoisotopic (exact) mass is 240 g/mol. The van der Waals surface area contributed by atoms with E-state index in [1.807, 2.05) is 0 Å². The lowest BCUT2D eigenvalue weighted by Gasteiger charge is -2.41. The van der Waals surface area contributed by atoms with Crippen LogP contribution in [-0.2, 0) is 4.79 Å². The maximum absolute atomic E-state index is 11.6. The molecule has 2 atom stereocenters. The molecule has 0 radical (unpaired) electrons. The number of nitrogens with one attached hydrogen (secondary N) is 1. The van der Waals surface area contributed by atoms with Crippen LogP contribution in [0.3, 0.4) is 0 Å². The standard InChI is InChI=1S/C14H26N2O.H2/c1-3-11(2)16(12-5-4-6-12)10-8-13-14(17)7-9-15-13;/h11-13,15H,3-10H2,1-2H3;1H. The highest BCUT2D eigenvalue weighted by Gasteiger charge is 2.30. The van der Waals surface area contributed by atoms with Crippen molar-refractivity contribution in [2.75, 3.05) is 13.1 Å². The van der Waals surface area contributed by atoms with Gasteiger partial charge in [-0.25, -0.2) is 0 Å². The Morgan fingerprint density at radius 1 is 1.53 bits per heavy atom. The van der Waals surface area contributed by atoms with Crippen LogP contribution in [0.4, 0.5) is 0 Å². The van der Waals surface area contributed by atoms with Gasteiger partial charge in [-0.15, -0.1) is 0 Å². The lowest BCUT2D eigenvalue weighted by Crippen LogP contribution is -2.47. The molecule has 3 heteroatoms. The lowest BCUT2D eigenvalue weighted by molar-refractivity contribution is -0.119. The van der Waals surface area contributed by atoms with Gasteiger partial charge in [0.15, 0.2) is 5.78 Å². The Morgan fingerprint density at radius 3 is 2.76 bits per heavy atom. The maximum Gasteiger partial charge on any atom is 0.151 e. The lowest BCUT2D eigenvalue weighted by atomic mass is 9.89. The van der Waals surface area contributed by atoms with E-state index < -0.39 is 0 Å². The molecule has 2 fully saturated rings. The number of hydrogen-bond acceptors (Lipinski definition) is 3. The molecule has 0 aromatic rings. The largest absolute Gasteiger partial charge is 0.307 e. The van der Waals surface area contributed by atoms with Gasteiger partial charge in [0.25, 0.3) is 0 Å². The first-order valence-corrected chi connectivity index (χ1v) is 7.24. The highest BCUT2D eigenvalue weighted by atomic mass is 16.1. The van der Waals surface area contributed by atoms with Gasteiger partial charge in [-0.3, -0.25) is 9.69 Å². The molecule has 1 N–H and O–H groups in total. The van der Waals surface area contributed by atoms with Gasteiger partial charge in [-0.05, 0) is 32.6 Å². The Morgan fingerprint density at radius 2 is 2.29 bits per heavy atom. The highest BCUT2D eigenvalue weighted by Crippen LogP contribution is 2.27. The second-order valence-corrected chi connectivity index (χ2v) is 5.59. The fourth-order valence-electron chi connectivity index (χ4n) is 2.91. The summed E-state index contributed by atoms with van der Waals surface area (Å²) in [6.45, 7) is 6.55. The molecule has 0 aromatic carbocycles. The molecule has 2 aliphatic rings. The van der Waals surface area contributed by atoms with E-state index in [0.29, 0.717) is 11.8 Å². The van der Waals surface area contributed by atoms with E-state index in [4.69, 9.17) is 0 Å². The molecule has 1 saturated carbocycles. The van der Waals surface area contributed by atoms with Crippen LogP contribution in [-0.4, -0.2) is 41.9 Å². The Labute approximate surface area is 106 Å². The van der Waals surface area contributed by atoms with Crippen LogP contribution in [0.1, 0.15) is 53.8 Å². The van der Waals surface area contributed by atoms with Gasteiger partial charge in [0.2, 0.25) is 0 Å². The summed E-state index contributed by atoms with van der Waals surface area (Å²) in [7, 11) is 0. The minimum Gasteiger partial charge on any atom is -0.307 e. The van der Waals surface area contributed by atoms with Crippen LogP contribution in [0.2, 0.25) is 0 Å². The van der Waals surface area contributed by atoms with E-state index in [9.17, 15) is 4.79 Å². The van der Waals surface area contributed by atoms with Gasteiger partial charge >= 0.3 is 0 Å². The third-order valence-corrected chi connectivity index (χ3v) is 4.53. The zero-order valence-corrected chi connectivity index (χ0v) is 11.2. The quantitative estimate of drug-likeness (QED) is 0.772. The first-order chi connectivity index (χ1) is 8.22. The summed E-state index contributed by atoms with van der Waals surface area (Å²) >= 11 is 0. The second-order valence-electron chi connectivity index (χ2n) is 5.59. The number of nitrogens with zero attached hydrogens (tertiary/aromatic N) is 1. The number of hydrogen-bond donors (Lipinski definition) is 1. The molecule has 3 nitrogen and oxygen atoms in total. The summed E-state index contributed by atoms with van der Waals surface area (Å²) in [5, 5.41) is 3.32. The van der Waals surface area contributed by atoms with Crippen molar-refractivity contribution in [3.8, 4) is 0 Å². The van der Waals surface area contributed by atoms with E-state index >= 15 is 0 Å². The zero-order valence-electron chi connectivity index (χ0n) is 11.2. The minimum atomic E-state index is 0. The number of ketones is 1. The van der Waals surface area contributed by atoms with Crippen molar-refractivity contribution < 1.29 is 6.22 Å². The van der Waals surface area contributed by atoms with Crippen molar-refractivity contribution in [2.24, 2.45) is 0 Å². The molecule has 1 aliphatic carbocycles. The van der Waals surface area contributed by atoms with Crippen molar-refractivity contribution in [1.29, 1.82) is 0 Å². The molecule has 0 bridgehead atoms. The molecule has 1 heterocycles. The average Bonchev–Trinajstić information content (AvgIpc) is 2.66. The van der Waals surface area contributed by atoms with Crippen molar-refractivity contribution >= 4 is 5.78 Å². The van der Waals surface area contributed by atoms with E-state index in [1.165, 1.54) is 25.7 Å². The number of carbonyl (C=O) groups is 1. The van der Waals surface area contributed by atoms with Crippen LogP contribution >= 0.6 is 0 Å². The topological polar surface area (TPSA) is 32.3 Å². The average molecular weight is 240 g/mol. The molecule has 0 aromatic heterocycles. The molecule has 1 saturated heterocycles. The predicted octanol–water partition coefficient (Wildman–Crippen LogP) is 2.21. The molecule has 17 heavy (non-hydrogen) atoms. The van der Waals surface area contributed by atoms with Crippen LogP contribution in [0.15, 0.2) is 0 Å². The van der Waals surface area contributed by atoms with Crippen molar-refractivity contribution in [2.45, 2.75) is 70.5 Å². The first kappa shape index (κ1) is 13.0. The molecule has 0 amide bonds. The zero-order chi connectivity index (χ0) is 12.3. The van der Waals surface area contributed by atoms with Gasteiger partial charge in [0.05, 0.1) is 6.04 Å². The molecular weight excluding hydrogens is 212 g/mol. The first-order valence-electron chi connectivity index (χ1n) is 7.24. The van der Waals surface area contributed by atoms with Gasteiger partial charge in [0, 0.05) is 33.0 Å². The third-order valence-electron chi connectivity index (χ3n) is 4.53. The molecule has 100 valence electrons. The molecule has 0 spiro atoms. The van der Waals surface area contributed by atoms with E-state index in [0.717, 1.165) is 32.0 Å². The highest BCUT2D eigenvalue weighted by molar-refractivity contribution is 5.86. The summed E-state index contributed by atoms with van der Waals surface area (Å²) in [6, 6.07) is 1.60. The SMILES string of the molecule is CCC(C)N(CCC1NCCC1=O)C1CCC1.[HH]. The van der Waals surface area contributed by atoms with Crippen LogP contribution in [0, 0.1) is 0 Å². The fourth-order valence-corrected chi connectivity index (χ4v) is 2.91. The van der Waals surface area contributed by atoms with Crippen LogP contribution < -0.4 is 5.32 Å². The Balaban J connectivity index is 0.00000162. The van der Waals surface area contributed by atoms with E-state index in [1.54, 1.807) is 0 Å². The molecule has 2 rings (SSSR count). The Bertz CT molecular complexity index is 264. The van der Waals surface area contributed by atoms with Crippen LogP contribution in [0.5, 0.6) is 0 Å². The van der Waals surface area contributed by atoms with Gasteiger partial charge in [-0.1, -0.05) is 13.3 Å². The van der Waals surface area contributed by atoms with Gasteiger partial charge in [-0.2, -0.15) is 0 Å². The molecule has 2 unspecified atom stereocenters. The number of Topliss-reactive ketones (excluding diaryl/α,β-unsaturated/α-hetero) is 1. The number of rotatable bonds is 6. The summed E-state index contributed by atoms with van der Waals surface area (Å²) in [5.41, 5.74) is 0. The minimum absolute atomic E-state index is 0. The molecule has 1 aliphatic heterocycles. The Hall–Kier alpha value is -0.410. The number of carbonyl (C=O) groups excluding carboxylic acids is 1. The van der Waals surface area contributed by atoms with Crippen molar-refractivity contribution in [1.82, 2.24) is 10.2 Å². The van der Waals surface area contributed by atoms with Crippen molar-refractivity contribution in [3.63, 3.8) is 0 Å². The van der Waals surface area contributed by atoms with Gasteiger partial charge in [0.1, 0.15) is 0 Å². The summed E-state index contributed by atoms with van der Waals surface area (Å²) in [4.78, 5) is 14.2. The summed E-state index contributed by atoms with van der Waals surface area (Å²) in [5.74, 6) is 0.419. The maximum atomic E-state index is 11.6. The van der Waals surface area contributed by atoms with E-state index in [-0.39, 0.29) is 7.47 Å². The Kier molecular flexibility index (Phi) is 4.57. The second kappa shape index (κ2) is 5.96. The smallest absolute Gasteiger partial charge is 0.151 e. The van der Waals surface area contributed by atoms with Crippen molar-refractivity contribution in [3.05, 3.63) is 0 Å². The molecular formula is C14H28N2O. The van der Waals surface area contributed by atoms with E-state index in [2.05, 4.69) is 24.1 Å². The summed E-state index contributed by atoms with van der Waals surface area (Å²) < 4.78 is 0. The summed E-state index contributed by atoms with van der Waals surface area (Å²) in [6.07, 6.45) is 7.05. The van der Waals surface area contributed by atoms with Gasteiger partial charge < -0.3 is 5.32 Å².